The lowest BCUT2D eigenvalue weighted by atomic mass is 10.1. The van der Waals surface area contributed by atoms with Crippen LogP contribution in [-0.4, -0.2) is 60.6 Å². The first-order valence-corrected chi connectivity index (χ1v) is 7.61. The molecule has 5 heteroatoms. The molecule has 2 atom stereocenters. The van der Waals surface area contributed by atoms with Gasteiger partial charge in [0, 0.05) is 45.7 Å². The van der Waals surface area contributed by atoms with Crippen molar-refractivity contribution in [2.45, 2.75) is 25.2 Å². The van der Waals surface area contributed by atoms with E-state index in [-0.39, 0.29) is 18.1 Å². The SMILES string of the molecule is NC(=O)CCN1CC2CN(Cc3ccccc3)CC(C1)O2. The highest BCUT2D eigenvalue weighted by molar-refractivity contribution is 5.73. The summed E-state index contributed by atoms with van der Waals surface area (Å²) in [7, 11) is 0. The molecule has 2 aliphatic heterocycles. The van der Waals surface area contributed by atoms with Crippen LogP contribution < -0.4 is 5.73 Å². The largest absolute Gasteiger partial charge is 0.370 e. The minimum Gasteiger partial charge on any atom is -0.370 e. The predicted octanol–water partition coefficient (Wildman–Crippen LogP) is 0.447. The van der Waals surface area contributed by atoms with Gasteiger partial charge >= 0.3 is 0 Å². The van der Waals surface area contributed by atoms with E-state index >= 15 is 0 Å². The number of amides is 1. The van der Waals surface area contributed by atoms with Crippen LogP contribution >= 0.6 is 0 Å². The topological polar surface area (TPSA) is 58.8 Å². The van der Waals surface area contributed by atoms with Crippen molar-refractivity contribution in [3.63, 3.8) is 0 Å². The molecular weight excluding hydrogens is 266 g/mol. The smallest absolute Gasteiger partial charge is 0.218 e. The lowest BCUT2D eigenvalue weighted by molar-refractivity contribution is -0.141. The van der Waals surface area contributed by atoms with E-state index in [1.54, 1.807) is 0 Å². The summed E-state index contributed by atoms with van der Waals surface area (Å²) in [4.78, 5) is 15.7. The van der Waals surface area contributed by atoms with Crippen molar-refractivity contribution in [2.75, 3.05) is 32.7 Å². The number of nitrogens with two attached hydrogens (primary N) is 1. The second-order valence-corrected chi connectivity index (χ2v) is 6.04. The van der Waals surface area contributed by atoms with Crippen molar-refractivity contribution in [3.8, 4) is 0 Å². The van der Waals surface area contributed by atoms with Crippen LogP contribution in [0.25, 0.3) is 0 Å². The summed E-state index contributed by atoms with van der Waals surface area (Å²) in [6, 6.07) is 10.6. The zero-order valence-corrected chi connectivity index (χ0v) is 12.3. The van der Waals surface area contributed by atoms with E-state index in [0.29, 0.717) is 6.42 Å². The number of fused-ring (bicyclic) bond motifs is 2. The molecule has 1 aromatic rings. The summed E-state index contributed by atoms with van der Waals surface area (Å²) in [6.45, 7) is 5.45. The van der Waals surface area contributed by atoms with Gasteiger partial charge in [0.1, 0.15) is 0 Å². The first kappa shape index (κ1) is 14.5. The number of carbonyl (C=O) groups excluding carboxylic acids is 1. The van der Waals surface area contributed by atoms with E-state index in [4.69, 9.17) is 10.5 Å². The second kappa shape index (κ2) is 6.56. The van der Waals surface area contributed by atoms with Crippen molar-refractivity contribution in [1.82, 2.24) is 9.80 Å². The Morgan fingerprint density at radius 2 is 1.71 bits per heavy atom. The minimum absolute atomic E-state index is 0.225. The molecule has 1 aromatic carbocycles. The van der Waals surface area contributed by atoms with E-state index in [9.17, 15) is 4.79 Å². The van der Waals surface area contributed by atoms with Crippen LogP contribution in [0.5, 0.6) is 0 Å². The molecule has 0 spiro atoms. The molecule has 2 heterocycles. The van der Waals surface area contributed by atoms with Crippen molar-refractivity contribution in [1.29, 1.82) is 0 Å². The highest BCUT2D eigenvalue weighted by atomic mass is 16.5. The van der Waals surface area contributed by atoms with Gasteiger partial charge in [-0.1, -0.05) is 30.3 Å². The molecule has 21 heavy (non-hydrogen) atoms. The summed E-state index contributed by atoms with van der Waals surface area (Å²) in [5.41, 5.74) is 6.58. The molecule has 0 radical (unpaired) electrons. The third-order valence-corrected chi connectivity index (χ3v) is 4.16. The number of hydrogen-bond acceptors (Lipinski definition) is 4. The fraction of sp³-hybridized carbons (Fsp3) is 0.562. The quantitative estimate of drug-likeness (QED) is 0.855. The van der Waals surface area contributed by atoms with Crippen LogP contribution in [0.4, 0.5) is 0 Å². The number of hydrogen-bond donors (Lipinski definition) is 1. The minimum atomic E-state index is -0.225. The lowest BCUT2D eigenvalue weighted by Gasteiger charge is -2.45. The Labute approximate surface area is 125 Å². The first-order chi connectivity index (χ1) is 10.2. The van der Waals surface area contributed by atoms with Gasteiger partial charge in [-0.2, -0.15) is 0 Å². The third-order valence-electron chi connectivity index (χ3n) is 4.16. The Morgan fingerprint density at radius 3 is 2.33 bits per heavy atom. The van der Waals surface area contributed by atoms with Gasteiger partial charge in [0.25, 0.3) is 0 Å². The highest BCUT2D eigenvalue weighted by Crippen LogP contribution is 2.20. The fourth-order valence-electron chi connectivity index (χ4n) is 3.28. The number of morpholine rings is 2. The van der Waals surface area contributed by atoms with Crippen molar-refractivity contribution >= 4 is 5.91 Å². The molecular formula is C16H23N3O2. The van der Waals surface area contributed by atoms with Crippen LogP contribution in [0, 0.1) is 0 Å². The van der Waals surface area contributed by atoms with E-state index in [1.165, 1.54) is 5.56 Å². The van der Waals surface area contributed by atoms with Gasteiger partial charge in [-0.05, 0) is 5.56 Å². The van der Waals surface area contributed by atoms with E-state index in [0.717, 1.165) is 39.3 Å². The molecule has 5 nitrogen and oxygen atoms in total. The van der Waals surface area contributed by atoms with Gasteiger partial charge in [-0.3, -0.25) is 14.6 Å². The van der Waals surface area contributed by atoms with Gasteiger partial charge in [-0.15, -0.1) is 0 Å². The predicted molar refractivity (Wildman–Crippen MR) is 80.6 cm³/mol. The zero-order valence-electron chi connectivity index (χ0n) is 12.3. The fourth-order valence-corrected chi connectivity index (χ4v) is 3.28. The zero-order chi connectivity index (χ0) is 14.7. The molecule has 2 saturated heterocycles. The summed E-state index contributed by atoms with van der Waals surface area (Å²) in [6.07, 6.45) is 0.927. The Kier molecular flexibility index (Phi) is 4.53. The number of nitrogens with zero attached hydrogens (tertiary/aromatic N) is 2. The maximum atomic E-state index is 10.9. The molecule has 2 bridgehead atoms. The molecule has 114 valence electrons. The van der Waals surface area contributed by atoms with Gasteiger partial charge in [0.05, 0.1) is 12.2 Å². The van der Waals surface area contributed by atoms with Crippen LogP contribution in [0.3, 0.4) is 0 Å². The van der Waals surface area contributed by atoms with Crippen LogP contribution in [0.2, 0.25) is 0 Å². The first-order valence-electron chi connectivity index (χ1n) is 7.61. The third kappa shape index (κ3) is 4.03. The number of primary amides is 1. The van der Waals surface area contributed by atoms with Crippen molar-refractivity contribution in [2.24, 2.45) is 5.73 Å². The number of ether oxygens (including phenoxy) is 1. The van der Waals surface area contributed by atoms with E-state index < -0.39 is 0 Å². The number of carbonyl (C=O) groups is 1. The van der Waals surface area contributed by atoms with Gasteiger partial charge in [-0.25, -0.2) is 0 Å². The summed E-state index contributed by atoms with van der Waals surface area (Å²) >= 11 is 0. The normalized spacial score (nSPS) is 26.7. The standard InChI is InChI=1S/C16H23N3O2/c17-16(20)6-7-18-9-14-11-19(12-15(10-18)21-14)8-13-4-2-1-3-5-13/h1-5,14-15H,6-12H2,(H2,17,20). The van der Waals surface area contributed by atoms with Gasteiger partial charge in [0.2, 0.25) is 5.91 Å². The molecule has 1 amide bonds. The Balaban J connectivity index is 1.53. The number of rotatable bonds is 5. The molecule has 2 N–H and O–H groups in total. The summed E-state index contributed by atoms with van der Waals surface area (Å²) < 4.78 is 6.03. The molecule has 0 saturated carbocycles. The second-order valence-electron chi connectivity index (χ2n) is 6.04. The Hall–Kier alpha value is -1.43. The van der Waals surface area contributed by atoms with E-state index in [2.05, 4.69) is 34.1 Å². The van der Waals surface area contributed by atoms with Crippen LogP contribution in [0.1, 0.15) is 12.0 Å². The van der Waals surface area contributed by atoms with E-state index in [1.807, 2.05) is 6.07 Å². The molecule has 0 aromatic heterocycles. The van der Waals surface area contributed by atoms with Gasteiger partial charge < -0.3 is 10.5 Å². The molecule has 3 rings (SSSR count). The van der Waals surface area contributed by atoms with Crippen molar-refractivity contribution in [3.05, 3.63) is 35.9 Å². The molecule has 0 aliphatic carbocycles. The van der Waals surface area contributed by atoms with Gasteiger partial charge in [0.15, 0.2) is 0 Å². The van der Waals surface area contributed by atoms with Crippen LogP contribution in [0.15, 0.2) is 30.3 Å². The summed E-state index contributed by atoms with van der Waals surface area (Å²) in [5.74, 6) is -0.225. The average Bonchev–Trinajstić information content (AvgIpc) is 2.45. The number of benzene rings is 1. The average molecular weight is 289 g/mol. The molecule has 2 fully saturated rings. The Bertz CT molecular complexity index is 466. The maximum Gasteiger partial charge on any atom is 0.218 e. The maximum absolute atomic E-state index is 10.9. The summed E-state index contributed by atoms with van der Waals surface area (Å²) in [5, 5.41) is 0. The van der Waals surface area contributed by atoms with Crippen LogP contribution in [-0.2, 0) is 16.1 Å². The lowest BCUT2D eigenvalue weighted by Crippen LogP contribution is -2.59. The Morgan fingerprint density at radius 1 is 1.10 bits per heavy atom. The highest BCUT2D eigenvalue weighted by Gasteiger charge is 2.34. The van der Waals surface area contributed by atoms with Crippen molar-refractivity contribution < 1.29 is 9.53 Å². The molecule has 2 aliphatic rings. The monoisotopic (exact) mass is 289 g/mol. The molecule has 2 unspecified atom stereocenters.